The number of benzene rings is 1. The maximum Gasteiger partial charge on any atom is 0.119 e. The molecule has 4 unspecified atom stereocenters. The molecule has 2 rings (SSSR count). The number of ether oxygens (including phenoxy) is 1. The first-order valence-electron chi connectivity index (χ1n) is 8.47. The molecule has 1 aromatic carbocycles. The Morgan fingerprint density at radius 1 is 1.24 bits per heavy atom. The second kappa shape index (κ2) is 7.84. The van der Waals surface area contributed by atoms with Crippen molar-refractivity contribution in [2.45, 2.75) is 52.5 Å². The number of hydrogen-bond acceptors (Lipinski definition) is 2. The lowest BCUT2D eigenvalue weighted by molar-refractivity contribution is 0.158. The minimum Gasteiger partial charge on any atom is -0.494 e. The van der Waals surface area contributed by atoms with E-state index in [2.05, 4.69) is 51.3 Å². The van der Waals surface area contributed by atoms with Gasteiger partial charge >= 0.3 is 0 Å². The van der Waals surface area contributed by atoms with E-state index >= 15 is 0 Å². The summed E-state index contributed by atoms with van der Waals surface area (Å²) in [7, 11) is 2.10. The van der Waals surface area contributed by atoms with Crippen LogP contribution in [0.4, 0.5) is 0 Å². The van der Waals surface area contributed by atoms with E-state index in [0.717, 1.165) is 36.5 Å². The van der Waals surface area contributed by atoms with Crippen LogP contribution in [-0.4, -0.2) is 19.7 Å². The fourth-order valence-corrected chi connectivity index (χ4v) is 3.58. The van der Waals surface area contributed by atoms with Crippen LogP contribution in [0.3, 0.4) is 0 Å². The van der Waals surface area contributed by atoms with Gasteiger partial charge < -0.3 is 10.1 Å². The van der Waals surface area contributed by atoms with Crippen LogP contribution in [0.2, 0.25) is 0 Å². The van der Waals surface area contributed by atoms with Crippen molar-refractivity contribution in [3.8, 4) is 5.75 Å². The van der Waals surface area contributed by atoms with E-state index in [1.54, 1.807) is 0 Å². The van der Waals surface area contributed by atoms with Crippen LogP contribution in [-0.2, 0) is 0 Å². The molecule has 4 atom stereocenters. The Morgan fingerprint density at radius 2 is 2.05 bits per heavy atom. The van der Waals surface area contributed by atoms with E-state index in [1.807, 2.05) is 6.07 Å². The van der Waals surface area contributed by atoms with Crippen molar-refractivity contribution in [1.82, 2.24) is 5.32 Å². The highest BCUT2D eigenvalue weighted by Crippen LogP contribution is 2.35. The molecule has 0 aliphatic heterocycles. The number of nitrogens with one attached hydrogen (secondary N) is 1. The van der Waals surface area contributed by atoms with E-state index in [-0.39, 0.29) is 0 Å². The summed E-state index contributed by atoms with van der Waals surface area (Å²) in [6, 6.07) is 8.91. The van der Waals surface area contributed by atoms with Crippen LogP contribution >= 0.6 is 0 Å². The quantitative estimate of drug-likeness (QED) is 0.837. The Hall–Kier alpha value is -1.02. The maximum absolute atomic E-state index is 5.92. The molecule has 0 bridgehead atoms. The standard InChI is InChI=1S/C19H31NO/c1-14-6-5-7-18(12-14)21-11-10-19(20-4)17-9-8-15(2)16(3)13-17/h5-7,12,15-17,19-20H,8-11,13H2,1-4H3. The van der Waals surface area contributed by atoms with Crippen molar-refractivity contribution in [2.75, 3.05) is 13.7 Å². The molecule has 0 radical (unpaired) electrons. The molecule has 118 valence electrons. The van der Waals surface area contributed by atoms with Crippen LogP contribution in [0.25, 0.3) is 0 Å². The molecule has 0 aromatic heterocycles. The number of aryl methyl sites for hydroxylation is 1. The van der Waals surface area contributed by atoms with E-state index in [0.29, 0.717) is 6.04 Å². The Kier molecular flexibility index (Phi) is 6.10. The zero-order valence-corrected chi connectivity index (χ0v) is 14.1. The molecule has 1 N–H and O–H groups in total. The average Bonchev–Trinajstić information content (AvgIpc) is 2.47. The van der Waals surface area contributed by atoms with Gasteiger partial charge in [0.15, 0.2) is 0 Å². The van der Waals surface area contributed by atoms with Gasteiger partial charge in [0, 0.05) is 6.04 Å². The third kappa shape index (κ3) is 4.74. The lowest BCUT2D eigenvalue weighted by atomic mass is 9.73. The number of hydrogen-bond donors (Lipinski definition) is 1. The highest BCUT2D eigenvalue weighted by Gasteiger charge is 2.29. The van der Waals surface area contributed by atoms with E-state index in [9.17, 15) is 0 Å². The zero-order chi connectivity index (χ0) is 15.2. The van der Waals surface area contributed by atoms with Gasteiger partial charge in [-0.1, -0.05) is 32.4 Å². The Bertz CT molecular complexity index is 431. The molecule has 0 saturated heterocycles. The van der Waals surface area contributed by atoms with Gasteiger partial charge in [0.25, 0.3) is 0 Å². The van der Waals surface area contributed by atoms with E-state index in [1.165, 1.54) is 24.8 Å². The number of rotatable bonds is 6. The molecule has 0 amide bonds. The summed E-state index contributed by atoms with van der Waals surface area (Å²) in [4.78, 5) is 0. The van der Waals surface area contributed by atoms with Crippen LogP contribution in [0, 0.1) is 24.7 Å². The van der Waals surface area contributed by atoms with Gasteiger partial charge in [-0.05, 0) is 68.7 Å². The lowest BCUT2D eigenvalue weighted by Gasteiger charge is -2.36. The molecule has 1 aliphatic carbocycles. The first-order valence-corrected chi connectivity index (χ1v) is 8.47. The summed E-state index contributed by atoms with van der Waals surface area (Å²) in [5.74, 6) is 3.55. The molecule has 21 heavy (non-hydrogen) atoms. The average molecular weight is 289 g/mol. The zero-order valence-electron chi connectivity index (χ0n) is 14.1. The van der Waals surface area contributed by atoms with Crippen LogP contribution in [0.1, 0.15) is 45.1 Å². The molecule has 0 spiro atoms. The largest absolute Gasteiger partial charge is 0.494 e. The maximum atomic E-state index is 5.92. The van der Waals surface area contributed by atoms with Crippen LogP contribution in [0.15, 0.2) is 24.3 Å². The summed E-state index contributed by atoms with van der Waals surface area (Å²) in [5, 5.41) is 3.52. The molecule has 1 aromatic rings. The summed E-state index contributed by atoms with van der Waals surface area (Å²) in [6.07, 6.45) is 5.19. The molecular weight excluding hydrogens is 258 g/mol. The summed E-state index contributed by atoms with van der Waals surface area (Å²) in [6.45, 7) is 7.71. The lowest BCUT2D eigenvalue weighted by Crippen LogP contribution is -2.38. The minimum absolute atomic E-state index is 0.588. The fraction of sp³-hybridized carbons (Fsp3) is 0.684. The first kappa shape index (κ1) is 16.4. The Balaban J connectivity index is 1.80. The second-order valence-corrected chi connectivity index (χ2v) is 6.88. The Morgan fingerprint density at radius 3 is 2.71 bits per heavy atom. The van der Waals surface area contributed by atoms with Crippen molar-refractivity contribution >= 4 is 0 Å². The van der Waals surface area contributed by atoms with Gasteiger partial charge in [0.05, 0.1) is 6.61 Å². The van der Waals surface area contributed by atoms with Crippen molar-refractivity contribution in [2.24, 2.45) is 17.8 Å². The van der Waals surface area contributed by atoms with Crippen LogP contribution < -0.4 is 10.1 Å². The monoisotopic (exact) mass is 289 g/mol. The van der Waals surface area contributed by atoms with Crippen molar-refractivity contribution in [1.29, 1.82) is 0 Å². The molecule has 1 fully saturated rings. The molecule has 0 heterocycles. The highest BCUT2D eigenvalue weighted by atomic mass is 16.5. The Labute approximate surface area is 130 Å². The molecule has 2 heteroatoms. The molecule has 1 aliphatic rings. The van der Waals surface area contributed by atoms with Gasteiger partial charge in [0.1, 0.15) is 5.75 Å². The molecule has 1 saturated carbocycles. The predicted molar refractivity (Wildman–Crippen MR) is 89.8 cm³/mol. The van der Waals surface area contributed by atoms with E-state index < -0.39 is 0 Å². The van der Waals surface area contributed by atoms with Crippen molar-refractivity contribution in [3.05, 3.63) is 29.8 Å². The first-order chi connectivity index (χ1) is 10.1. The fourth-order valence-electron chi connectivity index (χ4n) is 3.58. The highest BCUT2D eigenvalue weighted by molar-refractivity contribution is 5.27. The van der Waals surface area contributed by atoms with Gasteiger partial charge in [0.2, 0.25) is 0 Å². The smallest absolute Gasteiger partial charge is 0.119 e. The van der Waals surface area contributed by atoms with Gasteiger partial charge in [-0.25, -0.2) is 0 Å². The summed E-state index contributed by atoms with van der Waals surface area (Å²) in [5.41, 5.74) is 1.26. The molecular formula is C19H31NO. The SMILES string of the molecule is CNC(CCOc1cccc(C)c1)C1CCC(C)C(C)C1. The minimum atomic E-state index is 0.588. The normalized spacial score (nSPS) is 27.3. The third-order valence-corrected chi connectivity index (χ3v) is 5.27. The predicted octanol–water partition coefficient (Wildman–Crippen LogP) is 4.42. The van der Waals surface area contributed by atoms with Gasteiger partial charge in [-0.15, -0.1) is 0 Å². The topological polar surface area (TPSA) is 21.3 Å². The van der Waals surface area contributed by atoms with Gasteiger partial charge in [-0.3, -0.25) is 0 Å². The van der Waals surface area contributed by atoms with Crippen molar-refractivity contribution in [3.63, 3.8) is 0 Å². The summed E-state index contributed by atoms with van der Waals surface area (Å²) >= 11 is 0. The van der Waals surface area contributed by atoms with Gasteiger partial charge in [-0.2, -0.15) is 0 Å². The summed E-state index contributed by atoms with van der Waals surface area (Å²) < 4.78 is 5.92. The molecule has 2 nitrogen and oxygen atoms in total. The third-order valence-electron chi connectivity index (χ3n) is 5.27. The second-order valence-electron chi connectivity index (χ2n) is 6.88. The van der Waals surface area contributed by atoms with Crippen LogP contribution in [0.5, 0.6) is 5.75 Å². The van der Waals surface area contributed by atoms with E-state index in [4.69, 9.17) is 4.74 Å². The van der Waals surface area contributed by atoms with Crippen molar-refractivity contribution < 1.29 is 4.74 Å².